The van der Waals surface area contributed by atoms with E-state index in [4.69, 9.17) is 14.2 Å². The Labute approximate surface area is 168 Å². The van der Waals surface area contributed by atoms with E-state index in [-0.39, 0.29) is 6.79 Å². The van der Waals surface area contributed by atoms with Crippen LogP contribution in [0.1, 0.15) is 11.1 Å². The van der Waals surface area contributed by atoms with Crippen molar-refractivity contribution < 1.29 is 14.2 Å². The Balaban J connectivity index is 1.23. The summed E-state index contributed by atoms with van der Waals surface area (Å²) in [4.78, 5) is 6.77. The Kier molecular flexibility index (Phi) is 5.02. The van der Waals surface area contributed by atoms with Gasteiger partial charge in [-0.1, -0.05) is 0 Å². The van der Waals surface area contributed by atoms with Crippen molar-refractivity contribution in [2.45, 2.75) is 13.1 Å². The average molecular weight is 393 g/mol. The number of hydrogen-bond acceptors (Lipinski definition) is 7. The number of nitrogens with zero attached hydrogens (tertiary/aromatic N) is 3. The van der Waals surface area contributed by atoms with E-state index < -0.39 is 0 Å². The standard InChI is InChI=1S/C21H23N5O3/c1-2-18-19(29-14-28-18)10-16(1)21-17(13-24-25-21)12-22-11-15-3-4-23-20(9-15)26-5-7-27-8-6-26/h1-4,9-10,13,22H,5-8,11-12,14H2,(H,24,25). The normalized spacial score (nSPS) is 15.7. The van der Waals surface area contributed by atoms with Gasteiger partial charge in [0.1, 0.15) is 5.82 Å². The predicted molar refractivity (Wildman–Crippen MR) is 108 cm³/mol. The molecule has 0 bridgehead atoms. The molecule has 1 fully saturated rings. The lowest BCUT2D eigenvalue weighted by molar-refractivity contribution is 0.122. The summed E-state index contributed by atoms with van der Waals surface area (Å²) >= 11 is 0. The molecular formula is C21H23N5O3. The third-order valence-corrected chi connectivity index (χ3v) is 5.17. The summed E-state index contributed by atoms with van der Waals surface area (Å²) in [6.07, 6.45) is 3.73. The van der Waals surface area contributed by atoms with Crippen LogP contribution in [0.5, 0.6) is 11.5 Å². The van der Waals surface area contributed by atoms with Gasteiger partial charge < -0.3 is 24.4 Å². The largest absolute Gasteiger partial charge is 0.454 e. The molecule has 4 heterocycles. The first kappa shape index (κ1) is 18.0. The molecule has 2 N–H and O–H groups in total. The number of morpholine rings is 1. The highest BCUT2D eigenvalue weighted by Gasteiger charge is 2.16. The van der Waals surface area contributed by atoms with Crippen LogP contribution in [0.2, 0.25) is 0 Å². The van der Waals surface area contributed by atoms with E-state index in [1.165, 1.54) is 5.56 Å². The first-order valence-corrected chi connectivity index (χ1v) is 9.77. The van der Waals surface area contributed by atoms with Gasteiger partial charge in [-0.2, -0.15) is 5.10 Å². The van der Waals surface area contributed by atoms with Crippen LogP contribution >= 0.6 is 0 Å². The molecule has 8 heteroatoms. The summed E-state index contributed by atoms with van der Waals surface area (Å²) < 4.78 is 16.3. The molecular weight excluding hydrogens is 370 g/mol. The van der Waals surface area contributed by atoms with Crippen molar-refractivity contribution in [1.82, 2.24) is 20.5 Å². The molecule has 2 aliphatic rings. The van der Waals surface area contributed by atoms with Gasteiger partial charge >= 0.3 is 0 Å². The number of anilines is 1. The second kappa shape index (κ2) is 8.10. The summed E-state index contributed by atoms with van der Waals surface area (Å²) in [5.41, 5.74) is 4.32. The zero-order chi connectivity index (χ0) is 19.5. The Hall–Kier alpha value is -3.10. The minimum Gasteiger partial charge on any atom is -0.454 e. The van der Waals surface area contributed by atoms with Gasteiger partial charge in [0.15, 0.2) is 11.5 Å². The molecule has 3 aromatic rings. The van der Waals surface area contributed by atoms with Gasteiger partial charge in [-0.25, -0.2) is 4.98 Å². The number of aromatic nitrogens is 3. The number of hydrogen-bond donors (Lipinski definition) is 2. The SMILES string of the molecule is c1cc(CNCc2cn[nH]c2-c2ccc3c(c2)OCO3)cc(N2CCOCC2)n1. The number of aromatic amines is 1. The summed E-state index contributed by atoms with van der Waals surface area (Å²) in [5, 5.41) is 10.8. The van der Waals surface area contributed by atoms with Crippen LogP contribution in [0.4, 0.5) is 5.82 Å². The molecule has 0 atom stereocenters. The zero-order valence-electron chi connectivity index (χ0n) is 16.1. The lowest BCUT2D eigenvalue weighted by atomic mass is 10.1. The second-order valence-electron chi connectivity index (χ2n) is 7.06. The Morgan fingerprint density at radius 3 is 2.86 bits per heavy atom. The summed E-state index contributed by atoms with van der Waals surface area (Å²) in [7, 11) is 0. The van der Waals surface area contributed by atoms with Gasteiger partial charge in [-0.15, -0.1) is 0 Å². The van der Waals surface area contributed by atoms with Crippen LogP contribution < -0.4 is 19.7 Å². The fourth-order valence-electron chi connectivity index (χ4n) is 3.62. The van der Waals surface area contributed by atoms with Crippen molar-refractivity contribution >= 4 is 5.82 Å². The smallest absolute Gasteiger partial charge is 0.231 e. The van der Waals surface area contributed by atoms with Gasteiger partial charge in [-0.05, 0) is 35.9 Å². The van der Waals surface area contributed by atoms with E-state index in [1.807, 2.05) is 36.7 Å². The summed E-state index contributed by atoms with van der Waals surface area (Å²) in [6, 6.07) is 10.1. The van der Waals surface area contributed by atoms with Crippen molar-refractivity contribution in [1.29, 1.82) is 0 Å². The molecule has 0 amide bonds. The average Bonchev–Trinajstić information content (AvgIpc) is 3.43. The maximum atomic E-state index is 5.49. The highest BCUT2D eigenvalue weighted by Crippen LogP contribution is 2.36. The molecule has 8 nitrogen and oxygen atoms in total. The minimum absolute atomic E-state index is 0.272. The first-order valence-electron chi connectivity index (χ1n) is 9.77. The number of H-pyrrole nitrogens is 1. The quantitative estimate of drug-likeness (QED) is 0.665. The van der Waals surface area contributed by atoms with E-state index >= 15 is 0 Å². The lowest BCUT2D eigenvalue weighted by Crippen LogP contribution is -2.36. The number of fused-ring (bicyclic) bond motifs is 1. The van der Waals surface area contributed by atoms with Crippen LogP contribution in [-0.2, 0) is 17.8 Å². The molecule has 5 rings (SSSR count). The molecule has 1 aromatic carbocycles. The molecule has 0 aliphatic carbocycles. The Bertz CT molecular complexity index is 984. The molecule has 1 saturated heterocycles. The maximum Gasteiger partial charge on any atom is 0.231 e. The number of nitrogens with one attached hydrogen (secondary N) is 2. The Morgan fingerprint density at radius 1 is 1.03 bits per heavy atom. The van der Waals surface area contributed by atoms with Gasteiger partial charge in [-0.3, -0.25) is 5.10 Å². The van der Waals surface area contributed by atoms with Crippen LogP contribution in [0.25, 0.3) is 11.3 Å². The zero-order valence-corrected chi connectivity index (χ0v) is 16.1. The van der Waals surface area contributed by atoms with Gasteiger partial charge in [0, 0.05) is 43.5 Å². The maximum absolute atomic E-state index is 5.49. The molecule has 0 saturated carbocycles. The minimum atomic E-state index is 0.272. The molecule has 0 radical (unpaired) electrons. The second-order valence-corrected chi connectivity index (χ2v) is 7.06. The molecule has 150 valence electrons. The fraction of sp³-hybridized carbons (Fsp3) is 0.333. The number of benzene rings is 1. The van der Waals surface area contributed by atoms with Crippen LogP contribution in [0.15, 0.2) is 42.7 Å². The molecule has 0 unspecified atom stereocenters. The summed E-state index contributed by atoms with van der Waals surface area (Å²) in [6.45, 7) is 5.02. The first-order chi connectivity index (χ1) is 14.4. The van der Waals surface area contributed by atoms with Crippen LogP contribution in [-0.4, -0.2) is 48.3 Å². The van der Waals surface area contributed by atoms with Crippen molar-refractivity contribution in [3.05, 3.63) is 53.9 Å². The van der Waals surface area contributed by atoms with Crippen molar-refractivity contribution in [2.24, 2.45) is 0 Å². The lowest BCUT2D eigenvalue weighted by Gasteiger charge is -2.28. The number of rotatable bonds is 6. The van der Waals surface area contributed by atoms with Crippen molar-refractivity contribution in [3.63, 3.8) is 0 Å². The monoisotopic (exact) mass is 393 g/mol. The molecule has 29 heavy (non-hydrogen) atoms. The van der Waals surface area contributed by atoms with E-state index in [9.17, 15) is 0 Å². The van der Waals surface area contributed by atoms with E-state index in [0.717, 1.165) is 67.0 Å². The topological polar surface area (TPSA) is 84.5 Å². The highest BCUT2D eigenvalue weighted by atomic mass is 16.7. The van der Waals surface area contributed by atoms with E-state index in [1.54, 1.807) is 0 Å². The third kappa shape index (κ3) is 3.90. The highest BCUT2D eigenvalue weighted by molar-refractivity contribution is 5.66. The van der Waals surface area contributed by atoms with Gasteiger partial charge in [0.2, 0.25) is 6.79 Å². The van der Waals surface area contributed by atoms with E-state index in [2.05, 4.69) is 31.5 Å². The summed E-state index contributed by atoms with van der Waals surface area (Å²) in [5.74, 6) is 2.56. The van der Waals surface area contributed by atoms with Gasteiger partial charge in [0.25, 0.3) is 0 Å². The third-order valence-electron chi connectivity index (χ3n) is 5.17. The van der Waals surface area contributed by atoms with Crippen LogP contribution in [0, 0.1) is 0 Å². The van der Waals surface area contributed by atoms with Crippen LogP contribution in [0.3, 0.4) is 0 Å². The van der Waals surface area contributed by atoms with E-state index in [0.29, 0.717) is 6.54 Å². The fourth-order valence-corrected chi connectivity index (χ4v) is 3.62. The van der Waals surface area contributed by atoms with Gasteiger partial charge in [0.05, 0.1) is 25.1 Å². The predicted octanol–water partition coefficient (Wildman–Crippen LogP) is 2.33. The molecule has 2 aliphatic heterocycles. The molecule has 2 aromatic heterocycles. The Morgan fingerprint density at radius 2 is 1.93 bits per heavy atom. The van der Waals surface area contributed by atoms with Crippen molar-refractivity contribution in [2.75, 3.05) is 38.0 Å². The number of ether oxygens (including phenoxy) is 3. The molecule has 0 spiro atoms. The number of pyridine rings is 1. The van der Waals surface area contributed by atoms with Crippen molar-refractivity contribution in [3.8, 4) is 22.8 Å².